The molecule has 3 rings (SSSR count). The second kappa shape index (κ2) is 7.84. The Hall–Kier alpha value is -1.52. The molecule has 146 valence electrons. The predicted molar refractivity (Wildman–Crippen MR) is 101 cm³/mol. The van der Waals surface area contributed by atoms with E-state index in [1.165, 1.54) is 38.9 Å². The summed E-state index contributed by atoms with van der Waals surface area (Å²) in [4.78, 5) is 0.0751. The summed E-state index contributed by atoms with van der Waals surface area (Å²) in [6.45, 7) is 0.156. The highest BCUT2D eigenvalue weighted by atomic mass is 35.5. The van der Waals surface area contributed by atoms with Gasteiger partial charge in [-0.25, -0.2) is 21.2 Å². The molecule has 2 aromatic carbocycles. The van der Waals surface area contributed by atoms with E-state index in [1.54, 1.807) is 18.2 Å². The molecular weight excluding hydrogens is 415 g/mol. The number of halogens is 2. The van der Waals surface area contributed by atoms with Gasteiger partial charge >= 0.3 is 0 Å². The van der Waals surface area contributed by atoms with E-state index in [1.807, 2.05) is 0 Å². The van der Waals surface area contributed by atoms with Crippen molar-refractivity contribution in [2.75, 3.05) is 26.2 Å². The van der Waals surface area contributed by atoms with Crippen molar-refractivity contribution in [3.05, 3.63) is 64.9 Å². The molecule has 6 nitrogen and oxygen atoms in total. The van der Waals surface area contributed by atoms with E-state index in [4.69, 9.17) is 11.6 Å². The Labute approximate surface area is 163 Å². The van der Waals surface area contributed by atoms with Crippen LogP contribution in [0.4, 0.5) is 4.39 Å². The molecule has 1 heterocycles. The van der Waals surface area contributed by atoms with Gasteiger partial charge in [0.2, 0.25) is 20.0 Å². The summed E-state index contributed by atoms with van der Waals surface area (Å²) in [6, 6.07) is 11.4. The molecule has 10 heteroatoms. The van der Waals surface area contributed by atoms with Crippen LogP contribution in [0.5, 0.6) is 0 Å². The Morgan fingerprint density at radius 1 is 0.889 bits per heavy atom. The Morgan fingerprint density at radius 3 is 2.15 bits per heavy atom. The predicted octanol–water partition coefficient (Wildman–Crippen LogP) is 2.32. The van der Waals surface area contributed by atoms with Crippen LogP contribution in [-0.2, 0) is 25.8 Å². The van der Waals surface area contributed by atoms with E-state index >= 15 is 0 Å². The van der Waals surface area contributed by atoms with Gasteiger partial charge < -0.3 is 0 Å². The second-order valence-electron chi connectivity index (χ2n) is 6.15. The third-order valence-corrected chi connectivity index (χ3v) is 8.24. The molecule has 0 aliphatic carbocycles. The number of hydrogen-bond donors (Lipinski definition) is 0. The molecule has 0 unspecified atom stereocenters. The van der Waals surface area contributed by atoms with E-state index in [9.17, 15) is 21.2 Å². The molecule has 2 aromatic rings. The van der Waals surface area contributed by atoms with Crippen molar-refractivity contribution < 1.29 is 21.2 Å². The summed E-state index contributed by atoms with van der Waals surface area (Å²) in [5.41, 5.74) is 0.351. The van der Waals surface area contributed by atoms with Crippen LogP contribution in [-0.4, -0.2) is 51.6 Å². The Kier molecular flexibility index (Phi) is 5.87. The molecule has 0 aromatic heterocycles. The van der Waals surface area contributed by atoms with E-state index < -0.39 is 25.9 Å². The van der Waals surface area contributed by atoms with Crippen LogP contribution in [0.2, 0.25) is 5.02 Å². The van der Waals surface area contributed by atoms with Gasteiger partial charge in [0.05, 0.1) is 10.6 Å². The van der Waals surface area contributed by atoms with Gasteiger partial charge in [-0.3, -0.25) is 0 Å². The zero-order chi connectivity index (χ0) is 19.7. The van der Waals surface area contributed by atoms with Crippen molar-refractivity contribution >= 4 is 31.6 Å². The molecule has 0 radical (unpaired) electrons. The topological polar surface area (TPSA) is 74.8 Å². The van der Waals surface area contributed by atoms with Crippen LogP contribution in [0.25, 0.3) is 0 Å². The van der Waals surface area contributed by atoms with E-state index in [-0.39, 0.29) is 36.8 Å². The quantitative estimate of drug-likeness (QED) is 0.726. The molecule has 0 spiro atoms. The molecule has 1 saturated heterocycles. The maximum absolute atomic E-state index is 13.3. The maximum atomic E-state index is 13.3. The smallest absolute Gasteiger partial charge is 0.212 e. The highest BCUT2D eigenvalue weighted by Crippen LogP contribution is 2.22. The first-order valence-corrected chi connectivity index (χ1v) is 11.6. The molecule has 0 amide bonds. The first kappa shape index (κ1) is 20.2. The van der Waals surface area contributed by atoms with Gasteiger partial charge in [0.15, 0.2) is 0 Å². The molecule has 1 fully saturated rings. The Bertz CT molecular complexity index is 1040. The Morgan fingerprint density at radius 2 is 1.52 bits per heavy atom. The SMILES string of the molecule is O=S(=O)(Cc1cccc(F)c1)N1CCN(S(=O)(=O)c2cccc(Cl)c2)CC1. The lowest BCUT2D eigenvalue weighted by atomic mass is 10.2. The minimum atomic E-state index is -3.74. The summed E-state index contributed by atoms with van der Waals surface area (Å²) in [5, 5.41) is 0.312. The van der Waals surface area contributed by atoms with Crippen LogP contribution >= 0.6 is 11.6 Å². The number of nitrogens with zero attached hydrogens (tertiary/aromatic N) is 2. The van der Waals surface area contributed by atoms with Crippen LogP contribution in [0.1, 0.15) is 5.56 Å². The highest BCUT2D eigenvalue weighted by molar-refractivity contribution is 7.89. The Balaban J connectivity index is 1.69. The number of benzene rings is 2. The summed E-state index contributed by atoms with van der Waals surface area (Å²) >= 11 is 5.86. The number of piperazine rings is 1. The van der Waals surface area contributed by atoms with E-state index in [0.717, 1.165) is 0 Å². The van der Waals surface area contributed by atoms with Crippen LogP contribution in [0, 0.1) is 5.82 Å². The van der Waals surface area contributed by atoms with Crippen LogP contribution in [0.3, 0.4) is 0 Å². The van der Waals surface area contributed by atoms with Crippen LogP contribution < -0.4 is 0 Å². The summed E-state index contributed by atoms with van der Waals surface area (Å²) in [7, 11) is -7.41. The van der Waals surface area contributed by atoms with Crippen molar-refractivity contribution in [2.45, 2.75) is 10.6 Å². The van der Waals surface area contributed by atoms with Gasteiger partial charge in [-0.1, -0.05) is 29.8 Å². The van der Waals surface area contributed by atoms with Gasteiger partial charge in [0.1, 0.15) is 5.82 Å². The second-order valence-corrected chi connectivity index (χ2v) is 10.5. The van der Waals surface area contributed by atoms with Gasteiger partial charge in [-0.15, -0.1) is 0 Å². The number of hydrogen-bond acceptors (Lipinski definition) is 4. The van der Waals surface area contributed by atoms with Crippen molar-refractivity contribution in [1.82, 2.24) is 8.61 Å². The minimum Gasteiger partial charge on any atom is -0.212 e. The standard InChI is InChI=1S/C17H18ClFN2O4S2/c18-15-4-2-6-17(12-15)27(24,25)21-9-7-20(8-10-21)26(22,23)13-14-3-1-5-16(19)11-14/h1-6,11-12H,7-10,13H2. The fourth-order valence-electron chi connectivity index (χ4n) is 2.89. The van der Waals surface area contributed by atoms with E-state index in [0.29, 0.717) is 10.6 Å². The molecule has 1 aliphatic rings. The van der Waals surface area contributed by atoms with Crippen molar-refractivity contribution in [2.24, 2.45) is 0 Å². The zero-order valence-corrected chi connectivity index (χ0v) is 16.6. The molecule has 0 bridgehead atoms. The number of rotatable bonds is 5. The van der Waals surface area contributed by atoms with Gasteiger partial charge in [-0.05, 0) is 35.9 Å². The lowest BCUT2D eigenvalue weighted by Crippen LogP contribution is -2.50. The average Bonchev–Trinajstić information content (AvgIpc) is 2.61. The highest BCUT2D eigenvalue weighted by Gasteiger charge is 2.33. The lowest BCUT2D eigenvalue weighted by Gasteiger charge is -2.33. The molecule has 0 saturated carbocycles. The van der Waals surface area contributed by atoms with E-state index in [2.05, 4.69) is 0 Å². The van der Waals surface area contributed by atoms with Gasteiger partial charge in [-0.2, -0.15) is 8.61 Å². The fraction of sp³-hybridized carbons (Fsp3) is 0.294. The summed E-state index contributed by atoms with van der Waals surface area (Å²) in [5.74, 6) is -0.827. The van der Waals surface area contributed by atoms with Crippen LogP contribution in [0.15, 0.2) is 53.4 Å². The average molecular weight is 433 g/mol. The first-order chi connectivity index (χ1) is 12.7. The minimum absolute atomic E-state index is 0.0389. The first-order valence-electron chi connectivity index (χ1n) is 8.16. The molecule has 27 heavy (non-hydrogen) atoms. The number of sulfonamides is 2. The van der Waals surface area contributed by atoms with Crippen molar-refractivity contribution in [3.63, 3.8) is 0 Å². The fourth-order valence-corrected chi connectivity index (χ4v) is 6.12. The van der Waals surface area contributed by atoms with Crippen molar-refractivity contribution in [3.8, 4) is 0 Å². The monoisotopic (exact) mass is 432 g/mol. The van der Waals surface area contributed by atoms with Crippen molar-refractivity contribution in [1.29, 1.82) is 0 Å². The zero-order valence-electron chi connectivity index (χ0n) is 14.3. The molecule has 1 aliphatic heterocycles. The van der Waals surface area contributed by atoms with Gasteiger partial charge in [0.25, 0.3) is 0 Å². The molecule has 0 atom stereocenters. The third-order valence-electron chi connectivity index (χ3n) is 4.26. The largest absolute Gasteiger partial charge is 0.243 e. The summed E-state index contributed by atoms with van der Waals surface area (Å²) < 4.78 is 66.2. The maximum Gasteiger partial charge on any atom is 0.243 e. The molecular formula is C17H18ClFN2O4S2. The third kappa shape index (κ3) is 4.67. The molecule has 0 N–H and O–H groups in total. The normalized spacial score (nSPS) is 17.1. The van der Waals surface area contributed by atoms with Gasteiger partial charge in [0, 0.05) is 31.2 Å². The lowest BCUT2D eigenvalue weighted by molar-refractivity contribution is 0.272. The summed E-state index contributed by atoms with van der Waals surface area (Å²) in [6.07, 6.45) is 0.